The highest BCUT2D eigenvalue weighted by Crippen LogP contribution is 2.34. The number of benzene rings is 1. The third-order valence-corrected chi connectivity index (χ3v) is 7.77. The number of halogens is 1. The second-order valence-corrected chi connectivity index (χ2v) is 11.9. The molecule has 3 aliphatic heterocycles. The molecule has 0 radical (unpaired) electrons. The standard InChI is InChI=1S/C24H29ClN4O6S.CH4/c1-24(2,3)35-23(31)28-12-9-16(10-13-28)11-14-34-20-18-19(25)26-22(27-20)36(32,33)29(21(18)30)15-17-7-5-4-6-8-17;/h4-8,16H,9-15H2,1-3H3;1H4. The molecule has 10 nitrogen and oxygen atoms in total. The number of piperidine rings is 1. The lowest BCUT2D eigenvalue weighted by molar-refractivity contribution is 0.0177. The Balaban J connectivity index is 0.00000380. The van der Waals surface area contributed by atoms with E-state index < -0.39 is 26.7 Å². The highest BCUT2D eigenvalue weighted by atomic mass is 35.5. The van der Waals surface area contributed by atoms with Gasteiger partial charge in [-0.05, 0) is 51.5 Å². The Morgan fingerprint density at radius 2 is 1.78 bits per heavy atom. The number of carbonyl (C=O) groups excluding carboxylic acids is 2. The predicted molar refractivity (Wildman–Crippen MR) is 138 cm³/mol. The van der Waals surface area contributed by atoms with Gasteiger partial charge in [-0.2, -0.15) is 13.4 Å². The smallest absolute Gasteiger partial charge is 0.410 e. The fourth-order valence-corrected chi connectivity index (χ4v) is 5.61. The average Bonchev–Trinajstić information content (AvgIpc) is 2.92. The Hall–Kier alpha value is -2.92. The van der Waals surface area contributed by atoms with Gasteiger partial charge in [-0.15, -0.1) is 0 Å². The predicted octanol–water partition coefficient (Wildman–Crippen LogP) is 4.53. The van der Waals surface area contributed by atoms with Gasteiger partial charge in [-0.25, -0.2) is 14.1 Å². The van der Waals surface area contributed by atoms with E-state index in [9.17, 15) is 18.0 Å². The molecular formula is C25H33ClN4O6S. The molecule has 1 aromatic heterocycles. The molecule has 37 heavy (non-hydrogen) atoms. The number of sulfonamides is 1. The van der Waals surface area contributed by atoms with E-state index in [4.69, 9.17) is 21.1 Å². The van der Waals surface area contributed by atoms with Crippen LogP contribution in [0.4, 0.5) is 4.79 Å². The van der Waals surface area contributed by atoms with E-state index in [1.807, 2.05) is 20.8 Å². The SMILES string of the molecule is C.CC(C)(C)OC(=O)N1CCC(CCOc2nc3nc(Cl)c2C(=O)N(Cc2ccccc2)S3(=O)=O)CC1. The van der Waals surface area contributed by atoms with Gasteiger partial charge in [0.25, 0.3) is 11.1 Å². The van der Waals surface area contributed by atoms with Crippen LogP contribution in [0.3, 0.4) is 0 Å². The van der Waals surface area contributed by atoms with E-state index in [0.717, 1.165) is 17.1 Å². The molecule has 0 aliphatic carbocycles. The van der Waals surface area contributed by atoms with Crippen molar-refractivity contribution in [2.24, 2.45) is 5.92 Å². The molecule has 0 saturated carbocycles. The van der Waals surface area contributed by atoms with Crippen LogP contribution in [0, 0.1) is 5.92 Å². The van der Waals surface area contributed by atoms with Gasteiger partial charge in [0.05, 0.1) is 13.2 Å². The first-order valence-electron chi connectivity index (χ1n) is 11.7. The zero-order chi connectivity index (χ0) is 26.1. The van der Waals surface area contributed by atoms with Crippen molar-refractivity contribution in [2.45, 2.75) is 64.8 Å². The van der Waals surface area contributed by atoms with Crippen LogP contribution in [0.25, 0.3) is 0 Å². The second-order valence-electron chi connectivity index (χ2n) is 9.83. The average molecular weight is 553 g/mol. The summed E-state index contributed by atoms with van der Waals surface area (Å²) in [5.74, 6) is -0.673. The molecule has 0 spiro atoms. The fraction of sp³-hybridized carbons (Fsp3) is 0.520. The van der Waals surface area contributed by atoms with Crippen LogP contribution in [-0.2, 0) is 21.3 Å². The number of aromatic nitrogens is 2. The molecule has 1 aromatic carbocycles. The van der Waals surface area contributed by atoms with Crippen LogP contribution in [0.1, 0.15) is 63.4 Å². The van der Waals surface area contributed by atoms with E-state index in [-0.39, 0.29) is 43.3 Å². The van der Waals surface area contributed by atoms with Crippen molar-refractivity contribution in [3.8, 4) is 5.88 Å². The Morgan fingerprint density at radius 3 is 2.41 bits per heavy atom. The summed E-state index contributed by atoms with van der Waals surface area (Å²) in [7, 11) is -4.30. The van der Waals surface area contributed by atoms with Gasteiger partial charge in [0.1, 0.15) is 11.2 Å². The minimum absolute atomic E-state index is 0. The first kappa shape index (κ1) is 28.6. The number of hydrogen-bond acceptors (Lipinski definition) is 8. The maximum Gasteiger partial charge on any atom is 0.410 e. The molecule has 2 aromatic rings. The summed E-state index contributed by atoms with van der Waals surface area (Å²) in [5.41, 5.74) is -0.0759. The summed E-state index contributed by atoms with van der Waals surface area (Å²) in [5, 5.41) is -0.830. The number of rotatable bonds is 6. The van der Waals surface area contributed by atoms with Crippen molar-refractivity contribution in [3.05, 3.63) is 46.6 Å². The van der Waals surface area contributed by atoms with E-state index in [1.165, 1.54) is 0 Å². The summed E-state index contributed by atoms with van der Waals surface area (Å²) in [4.78, 5) is 35.0. The van der Waals surface area contributed by atoms with Crippen molar-refractivity contribution in [3.63, 3.8) is 0 Å². The quantitative estimate of drug-likeness (QED) is 0.379. The van der Waals surface area contributed by atoms with Gasteiger partial charge in [0.2, 0.25) is 5.88 Å². The minimum Gasteiger partial charge on any atom is -0.477 e. The summed E-state index contributed by atoms with van der Waals surface area (Å²) >= 11 is 6.19. The number of fused-ring (bicyclic) bond motifs is 4. The van der Waals surface area contributed by atoms with Crippen LogP contribution >= 0.6 is 11.6 Å². The zero-order valence-electron chi connectivity index (χ0n) is 20.4. The molecule has 0 atom stereocenters. The van der Waals surface area contributed by atoms with Crippen molar-refractivity contribution in [1.82, 2.24) is 19.2 Å². The Morgan fingerprint density at radius 1 is 1.14 bits per heavy atom. The highest BCUT2D eigenvalue weighted by Gasteiger charge is 2.41. The van der Waals surface area contributed by atoms with Crippen molar-refractivity contribution in [2.75, 3.05) is 19.7 Å². The molecule has 0 N–H and O–H groups in total. The van der Waals surface area contributed by atoms with Gasteiger partial charge >= 0.3 is 16.1 Å². The van der Waals surface area contributed by atoms with E-state index in [1.54, 1.807) is 35.2 Å². The summed E-state index contributed by atoms with van der Waals surface area (Å²) in [6.45, 7) is 6.71. The van der Waals surface area contributed by atoms with Crippen LogP contribution in [0.5, 0.6) is 5.88 Å². The topological polar surface area (TPSA) is 119 Å². The molecule has 202 valence electrons. The van der Waals surface area contributed by atoms with Crippen LogP contribution in [0.2, 0.25) is 5.15 Å². The third kappa shape index (κ3) is 6.51. The highest BCUT2D eigenvalue weighted by molar-refractivity contribution is 7.89. The first-order valence-corrected chi connectivity index (χ1v) is 13.6. The van der Waals surface area contributed by atoms with Gasteiger partial charge in [0, 0.05) is 13.1 Å². The van der Waals surface area contributed by atoms with Crippen LogP contribution in [-0.4, -0.2) is 64.9 Å². The Labute approximate surface area is 223 Å². The Bertz CT molecular complexity index is 1240. The number of likely N-dealkylation sites (tertiary alicyclic amines) is 1. The number of amides is 2. The molecule has 2 bridgehead atoms. The summed E-state index contributed by atoms with van der Waals surface area (Å²) in [6, 6.07) is 8.75. The zero-order valence-corrected chi connectivity index (χ0v) is 22.0. The lowest BCUT2D eigenvalue weighted by Gasteiger charge is -2.33. The molecular weight excluding hydrogens is 520 g/mol. The normalized spacial score (nSPS) is 17.2. The number of hydrogen-bond donors (Lipinski definition) is 0. The van der Waals surface area contributed by atoms with Crippen molar-refractivity contribution >= 4 is 33.6 Å². The number of nitrogens with zero attached hydrogens (tertiary/aromatic N) is 4. The van der Waals surface area contributed by atoms with E-state index in [2.05, 4.69) is 9.97 Å². The molecule has 0 unspecified atom stereocenters. The molecule has 12 heteroatoms. The van der Waals surface area contributed by atoms with Gasteiger partial charge in [-0.1, -0.05) is 49.4 Å². The van der Waals surface area contributed by atoms with E-state index >= 15 is 0 Å². The molecule has 3 aliphatic rings. The second kappa shape index (κ2) is 11.2. The fourth-order valence-electron chi connectivity index (χ4n) is 4.09. The van der Waals surface area contributed by atoms with Crippen molar-refractivity contribution < 1.29 is 27.5 Å². The Kier molecular flexibility index (Phi) is 8.69. The maximum atomic E-state index is 13.2. The lowest BCUT2D eigenvalue weighted by Crippen LogP contribution is -2.41. The van der Waals surface area contributed by atoms with E-state index in [0.29, 0.717) is 31.0 Å². The minimum atomic E-state index is -4.30. The summed E-state index contributed by atoms with van der Waals surface area (Å²) in [6.07, 6.45) is 1.89. The number of carbonyl (C=O) groups is 2. The molecule has 1 saturated heterocycles. The number of ether oxygens (including phenoxy) is 2. The molecule has 1 fully saturated rings. The molecule has 4 heterocycles. The molecule has 2 amide bonds. The van der Waals surface area contributed by atoms with Gasteiger partial charge in [-0.3, -0.25) is 4.79 Å². The summed E-state index contributed by atoms with van der Waals surface area (Å²) < 4.78 is 38.1. The van der Waals surface area contributed by atoms with Gasteiger partial charge in [0.15, 0.2) is 5.15 Å². The van der Waals surface area contributed by atoms with Crippen LogP contribution < -0.4 is 4.74 Å². The largest absolute Gasteiger partial charge is 0.477 e. The first-order chi connectivity index (χ1) is 17.0. The van der Waals surface area contributed by atoms with Gasteiger partial charge < -0.3 is 14.4 Å². The molecule has 5 rings (SSSR count). The van der Waals surface area contributed by atoms with Crippen molar-refractivity contribution in [1.29, 1.82) is 0 Å². The maximum absolute atomic E-state index is 13.2. The van der Waals surface area contributed by atoms with Crippen LogP contribution in [0.15, 0.2) is 35.5 Å². The monoisotopic (exact) mass is 552 g/mol. The third-order valence-electron chi connectivity index (χ3n) is 5.97. The lowest BCUT2D eigenvalue weighted by atomic mass is 9.94.